The number of alkyl halides is 1. The first-order chi connectivity index (χ1) is 11.5. The van der Waals surface area contributed by atoms with Crippen molar-refractivity contribution >= 4 is 18.0 Å². The molecule has 1 heterocycles. The highest BCUT2D eigenvalue weighted by molar-refractivity contribution is 6.01. The standard InChI is InChI=1S/C15H25FN2O6/c16-9-11(19)15(23)12(20)10-17-24-8-4-2-1-3-7-18-13(21)5-6-14(18)22/h10-12,15,19-20,23H,1-9H2/b17-10+/t11-,12+,15-/m1/s1. The summed E-state index contributed by atoms with van der Waals surface area (Å²) in [6.45, 7) is -0.411. The van der Waals surface area contributed by atoms with E-state index in [9.17, 15) is 24.2 Å². The van der Waals surface area contributed by atoms with Gasteiger partial charge in [0.1, 0.15) is 31.6 Å². The number of aliphatic hydroxyl groups is 3. The molecule has 0 spiro atoms. The van der Waals surface area contributed by atoms with Crippen molar-refractivity contribution in [3.8, 4) is 0 Å². The number of imide groups is 1. The summed E-state index contributed by atoms with van der Waals surface area (Å²) in [5.41, 5.74) is 0. The Morgan fingerprint density at radius 2 is 1.75 bits per heavy atom. The third-order valence-electron chi connectivity index (χ3n) is 3.71. The summed E-state index contributed by atoms with van der Waals surface area (Å²) in [7, 11) is 0. The maximum Gasteiger partial charge on any atom is 0.229 e. The molecule has 0 bridgehead atoms. The molecule has 0 aliphatic carbocycles. The Bertz CT molecular complexity index is 418. The number of hydrogen-bond acceptors (Lipinski definition) is 7. The molecule has 1 fully saturated rings. The fraction of sp³-hybridized carbons (Fsp3) is 0.800. The highest BCUT2D eigenvalue weighted by Gasteiger charge is 2.27. The monoisotopic (exact) mass is 348 g/mol. The Labute approximate surface area is 139 Å². The van der Waals surface area contributed by atoms with Gasteiger partial charge >= 0.3 is 0 Å². The van der Waals surface area contributed by atoms with Crippen LogP contribution in [0.1, 0.15) is 38.5 Å². The molecule has 1 aliphatic heterocycles. The Kier molecular flexibility index (Phi) is 9.43. The van der Waals surface area contributed by atoms with Crippen molar-refractivity contribution in [2.75, 3.05) is 19.8 Å². The van der Waals surface area contributed by atoms with Crippen molar-refractivity contribution < 1.29 is 34.1 Å². The number of carbonyl (C=O) groups is 2. The summed E-state index contributed by atoms with van der Waals surface area (Å²) >= 11 is 0. The molecule has 1 aliphatic rings. The van der Waals surface area contributed by atoms with Gasteiger partial charge in [0.15, 0.2) is 0 Å². The van der Waals surface area contributed by atoms with Crippen LogP contribution in [-0.4, -0.2) is 76.4 Å². The van der Waals surface area contributed by atoms with Crippen molar-refractivity contribution in [3.63, 3.8) is 0 Å². The van der Waals surface area contributed by atoms with Gasteiger partial charge in [0.2, 0.25) is 11.8 Å². The largest absolute Gasteiger partial charge is 0.396 e. The number of likely N-dealkylation sites (tertiary alicyclic amines) is 1. The van der Waals surface area contributed by atoms with Gasteiger partial charge in [0, 0.05) is 19.4 Å². The zero-order valence-corrected chi connectivity index (χ0v) is 13.5. The minimum Gasteiger partial charge on any atom is -0.396 e. The lowest BCUT2D eigenvalue weighted by molar-refractivity contribution is -0.138. The second-order valence-electron chi connectivity index (χ2n) is 5.64. The second-order valence-corrected chi connectivity index (χ2v) is 5.64. The maximum absolute atomic E-state index is 12.1. The van der Waals surface area contributed by atoms with Crippen LogP contribution in [0.2, 0.25) is 0 Å². The van der Waals surface area contributed by atoms with Gasteiger partial charge in [-0.15, -0.1) is 0 Å². The molecule has 8 nitrogen and oxygen atoms in total. The highest BCUT2D eigenvalue weighted by atomic mass is 19.1. The van der Waals surface area contributed by atoms with Crippen molar-refractivity contribution in [2.45, 2.75) is 56.8 Å². The number of halogens is 1. The Balaban J connectivity index is 2.01. The Morgan fingerprint density at radius 3 is 2.38 bits per heavy atom. The van der Waals surface area contributed by atoms with Crippen molar-refractivity contribution in [3.05, 3.63) is 0 Å². The quantitative estimate of drug-likeness (QED) is 0.194. The number of nitrogens with zero attached hydrogens (tertiary/aromatic N) is 2. The molecule has 0 aromatic heterocycles. The molecule has 3 atom stereocenters. The summed E-state index contributed by atoms with van der Waals surface area (Å²) in [4.78, 5) is 29.0. The molecule has 0 aromatic rings. The van der Waals surface area contributed by atoms with E-state index in [1.54, 1.807) is 0 Å². The molecule has 0 radical (unpaired) electrons. The summed E-state index contributed by atoms with van der Waals surface area (Å²) < 4.78 is 12.1. The van der Waals surface area contributed by atoms with E-state index in [1.165, 1.54) is 4.90 Å². The fourth-order valence-electron chi connectivity index (χ4n) is 2.23. The topological polar surface area (TPSA) is 120 Å². The molecule has 0 unspecified atom stereocenters. The number of unbranched alkanes of at least 4 members (excludes halogenated alkanes) is 3. The van der Waals surface area contributed by atoms with Crippen LogP contribution in [-0.2, 0) is 14.4 Å². The van der Waals surface area contributed by atoms with Crippen LogP contribution in [0, 0.1) is 0 Å². The molecule has 1 rings (SSSR count). The zero-order valence-electron chi connectivity index (χ0n) is 13.5. The Hall–Kier alpha value is -1.58. The van der Waals surface area contributed by atoms with Crippen LogP contribution in [0.15, 0.2) is 5.16 Å². The minimum atomic E-state index is -1.67. The lowest BCUT2D eigenvalue weighted by Gasteiger charge is -2.17. The predicted molar refractivity (Wildman–Crippen MR) is 82.9 cm³/mol. The molecule has 24 heavy (non-hydrogen) atoms. The summed E-state index contributed by atoms with van der Waals surface area (Å²) in [6, 6.07) is 0. The summed E-state index contributed by atoms with van der Waals surface area (Å²) in [6.07, 6.45) is -0.191. The van der Waals surface area contributed by atoms with Gasteiger partial charge in [0.25, 0.3) is 0 Å². The van der Waals surface area contributed by atoms with Gasteiger partial charge < -0.3 is 20.2 Å². The average molecular weight is 348 g/mol. The van der Waals surface area contributed by atoms with Gasteiger partial charge in [-0.25, -0.2) is 4.39 Å². The predicted octanol–water partition coefficient (Wildman–Crippen LogP) is -0.250. The lowest BCUT2D eigenvalue weighted by atomic mass is 10.1. The van der Waals surface area contributed by atoms with Gasteiger partial charge in [-0.05, 0) is 19.3 Å². The number of hydrogen-bond donors (Lipinski definition) is 3. The minimum absolute atomic E-state index is 0.101. The van der Waals surface area contributed by atoms with E-state index >= 15 is 0 Å². The van der Waals surface area contributed by atoms with Crippen LogP contribution in [0.25, 0.3) is 0 Å². The van der Waals surface area contributed by atoms with Crippen molar-refractivity contribution in [1.82, 2.24) is 4.90 Å². The number of aliphatic hydroxyl groups excluding tert-OH is 3. The smallest absolute Gasteiger partial charge is 0.229 e. The SMILES string of the molecule is O=C1CCC(=O)N1CCCCCCO/N=C/[C@H](O)[C@H](O)[C@H](O)CF. The van der Waals surface area contributed by atoms with E-state index in [0.717, 1.165) is 25.5 Å². The van der Waals surface area contributed by atoms with Crippen LogP contribution < -0.4 is 0 Å². The zero-order chi connectivity index (χ0) is 17.9. The number of oxime groups is 1. The van der Waals surface area contributed by atoms with E-state index in [-0.39, 0.29) is 11.8 Å². The highest BCUT2D eigenvalue weighted by Crippen LogP contribution is 2.13. The Morgan fingerprint density at radius 1 is 1.12 bits per heavy atom. The van der Waals surface area contributed by atoms with Gasteiger partial charge in [-0.3, -0.25) is 14.5 Å². The van der Waals surface area contributed by atoms with Crippen molar-refractivity contribution in [2.24, 2.45) is 5.16 Å². The van der Waals surface area contributed by atoms with Crippen LogP contribution in [0.3, 0.4) is 0 Å². The van der Waals surface area contributed by atoms with Gasteiger partial charge in [-0.2, -0.15) is 0 Å². The van der Waals surface area contributed by atoms with E-state index in [4.69, 9.17) is 9.94 Å². The van der Waals surface area contributed by atoms with Gasteiger partial charge in [-0.1, -0.05) is 11.6 Å². The van der Waals surface area contributed by atoms with Crippen molar-refractivity contribution in [1.29, 1.82) is 0 Å². The van der Waals surface area contributed by atoms with Crippen LogP contribution >= 0.6 is 0 Å². The summed E-state index contributed by atoms with van der Waals surface area (Å²) in [5, 5.41) is 31.1. The third kappa shape index (κ3) is 6.90. The van der Waals surface area contributed by atoms with E-state index in [2.05, 4.69) is 5.16 Å². The van der Waals surface area contributed by atoms with Crippen LogP contribution in [0.5, 0.6) is 0 Å². The first-order valence-corrected chi connectivity index (χ1v) is 8.06. The molecule has 0 aromatic carbocycles. The first-order valence-electron chi connectivity index (χ1n) is 8.06. The fourth-order valence-corrected chi connectivity index (χ4v) is 2.23. The normalized spacial score (nSPS) is 19.1. The van der Waals surface area contributed by atoms with E-state index < -0.39 is 25.0 Å². The van der Waals surface area contributed by atoms with Crippen LogP contribution in [0.4, 0.5) is 4.39 Å². The third-order valence-corrected chi connectivity index (χ3v) is 3.71. The molecule has 9 heteroatoms. The molecule has 0 saturated carbocycles. The molecule has 2 amide bonds. The molecular formula is C15H25FN2O6. The second kappa shape index (κ2) is 11.1. The molecule has 138 valence electrons. The molecule has 3 N–H and O–H groups in total. The maximum atomic E-state index is 12.1. The van der Waals surface area contributed by atoms with E-state index in [1.807, 2.05) is 0 Å². The molecular weight excluding hydrogens is 323 g/mol. The average Bonchev–Trinajstić information content (AvgIpc) is 2.90. The molecule has 1 saturated heterocycles. The van der Waals surface area contributed by atoms with E-state index in [0.29, 0.717) is 32.4 Å². The summed E-state index contributed by atoms with van der Waals surface area (Å²) in [5.74, 6) is -0.201. The van der Waals surface area contributed by atoms with Gasteiger partial charge in [0.05, 0.1) is 6.21 Å². The lowest BCUT2D eigenvalue weighted by Crippen LogP contribution is -2.39. The first kappa shape index (κ1) is 20.5. The number of amides is 2. The number of carbonyl (C=O) groups excluding carboxylic acids is 2. The number of rotatable bonds is 12.